The lowest BCUT2D eigenvalue weighted by Crippen LogP contribution is -2.43. The molecule has 2 aromatic rings. The second-order valence-electron chi connectivity index (χ2n) is 7.53. The van der Waals surface area contributed by atoms with Crippen LogP contribution in [0.3, 0.4) is 0 Å². The molecular weight excluding hydrogens is 424 g/mol. The van der Waals surface area contributed by atoms with Gasteiger partial charge in [-0.25, -0.2) is 8.42 Å². The number of rotatable bonds is 6. The first-order valence-electron chi connectivity index (χ1n) is 9.90. The summed E-state index contributed by atoms with van der Waals surface area (Å²) in [6.45, 7) is 2.64. The molecule has 0 saturated carbocycles. The Morgan fingerprint density at radius 1 is 1.10 bits per heavy atom. The van der Waals surface area contributed by atoms with Crippen LogP contribution >= 0.6 is 11.6 Å². The Morgan fingerprint density at radius 2 is 1.67 bits per heavy atom. The molecule has 162 valence electrons. The van der Waals surface area contributed by atoms with Crippen molar-refractivity contribution in [2.24, 2.45) is 5.92 Å². The van der Waals surface area contributed by atoms with Crippen LogP contribution in [-0.4, -0.2) is 50.8 Å². The summed E-state index contributed by atoms with van der Waals surface area (Å²) in [5.41, 5.74) is 1.02. The number of hydrogen-bond acceptors (Lipinski definition) is 4. The SMILES string of the molecule is COc1ccc(C(C)N(C)C(=O)C2CCN(S(=O)(=O)c3ccc(Cl)cc3)CC2)cc1. The Hall–Kier alpha value is -2.09. The van der Waals surface area contributed by atoms with Crippen LogP contribution in [0, 0.1) is 5.92 Å². The third-order valence-corrected chi connectivity index (χ3v) is 7.95. The van der Waals surface area contributed by atoms with Gasteiger partial charge in [0, 0.05) is 31.1 Å². The van der Waals surface area contributed by atoms with E-state index < -0.39 is 10.0 Å². The second kappa shape index (κ2) is 9.37. The molecule has 3 rings (SSSR count). The standard InChI is InChI=1S/C22H27ClN2O4S/c1-16(17-4-8-20(29-3)9-5-17)24(2)22(26)18-12-14-25(15-13-18)30(27,28)21-10-6-19(23)7-11-21/h4-11,16,18H,12-15H2,1-3H3. The van der Waals surface area contributed by atoms with E-state index >= 15 is 0 Å². The number of carbonyl (C=O) groups excluding carboxylic acids is 1. The van der Waals surface area contributed by atoms with Crippen LogP contribution in [0.15, 0.2) is 53.4 Å². The minimum Gasteiger partial charge on any atom is -0.497 e. The summed E-state index contributed by atoms with van der Waals surface area (Å²) in [5, 5.41) is 0.493. The summed E-state index contributed by atoms with van der Waals surface area (Å²) in [4.78, 5) is 15.0. The van der Waals surface area contributed by atoms with Crippen LogP contribution in [0.5, 0.6) is 5.75 Å². The molecule has 1 fully saturated rings. The molecule has 1 aliphatic heterocycles. The van der Waals surface area contributed by atoms with E-state index in [9.17, 15) is 13.2 Å². The zero-order valence-corrected chi connectivity index (χ0v) is 19.0. The molecule has 30 heavy (non-hydrogen) atoms. The molecule has 0 N–H and O–H groups in total. The maximum atomic E-state index is 13.0. The smallest absolute Gasteiger partial charge is 0.243 e. The summed E-state index contributed by atoms with van der Waals surface area (Å²) in [7, 11) is -0.158. The van der Waals surface area contributed by atoms with E-state index in [0.717, 1.165) is 11.3 Å². The topological polar surface area (TPSA) is 66.9 Å². The maximum absolute atomic E-state index is 13.0. The Morgan fingerprint density at radius 3 is 2.20 bits per heavy atom. The zero-order chi connectivity index (χ0) is 21.9. The highest BCUT2D eigenvalue weighted by atomic mass is 35.5. The minimum absolute atomic E-state index is 0.0434. The van der Waals surface area contributed by atoms with Crippen molar-refractivity contribution in [3.63, 3.8) is 0 Å². The van der Waals surface area contributed by atoms with E-state index in [-0.39, 0.29) is 22.8 Å². The second-order valence-corrected chi connectivity index (χ2v) is 9.90. The van der Waals surface area contributed by atoms with E-state index in [1.54, 1.807) is 31.2 Å². The van der Waals surface area contributed by atoms with Crippen molar-refractivity contribution in [3.05, 3.63) is 59.1 Å². The Balaban J connectivity index is 1.62. The van der Waals surface area contributed by atoms with E-state index in [0.29, 0.717) is 31.0 Å². The number of methoxy groups -OCH3 is 1. The molecule has 1 aliphatic rings. The molecule has 0 spiro atoms. The van der Waals surface area contributed by atoms with Crippen molar-refractivity contribution in [2.45, 2.75) is 30.7 Å². The first-order chi connectivity index (χ1) is 14.2. The average Bonchev–Trinajstić information content (AvgIpc) is 2.78. The number of ether oxygens (including phenoxy) is 1. The van der Waals surface area contributed by atoms with Gasteiger partial charge in [0.2, 0.25) is 15.9 Å². The molecule has 1 amide bonds. The molecule has 1 atom stereocenters. The van der Waals surface area contributed by atoms with Gasteiger partial charge in [-0.3, -0.25) is 4.79 Å². The summed E-state index contributed by atoms with van der Waals surface area (Å²) in [6.07, 6.45) is 1.01. The predicted octanol–water partition coefficient (Wildman–Crippen LogP) is 3.97. The van der Waals surface area contributed by atoms with Gasteiger partial charge in [-0.2, -0.15) is 4.31 Å². The number of benzene rings is 2. The fourth-order valence-electron chi connectivity index (χ4n) is 3.68. The van der Waals surface area contributed by atoms with Crippen LogP contribution in [0.1, 0.15) is 31.4 Å². The Kier molecular flexibility index (Phi) is 7.06. The van der Waals surface area contributed by atoms with Gasteiger partial charge in [0.05, 0.1) is 18.0 Å². The molecular formula is C22H27ClN2O4S. The number of nitrogens with zero attached hydrogens (tertiary/aromatic N) is 2. The fourth-order valence-corrected chi connectivity index (χ4v) is 5.28. The highest BCUT2D eigenvalue weighted by Gasteiger charge is 2.34. The first-order valence-corrected chi connectivity index (χ1v) is 11.7. The van der Waals surface area contributed by atoms with Crippen molar-refractivity contribution in [1.29, 1.82) is 0 Å². The Bertz CT molecular complexity index is 969. The monoisotopic (exact) mass is 450 g/mol. The number of sulfonamides is 1. The van der Waals surface area contributed by atoms with Crippen LogP contribution < -0.4 is 4.74 Å². The molecule has 6 nitrogen and oxygen atoms in total. The molecule has 0 bridgehead atoms. The normalized spacial score (nSPS) is 16.8. The van der Waals surface area contributed by atoms with Gasteiger partial charge in [0.1, 0.15) is 5.75 Å². The minimum atomic E-state index is -3.58. The van der Waals surface area contributed by atoms with Gasteiger partial charge in [0.25, 0.3) is 0 Å². The summed E-state index contributed by atoms with van der Waals surface area (Å²) in [6, 6.07) is 13.7. The largest absolute Gasteiger partial charge is 0.497 e. The number of halogens is 1. The summed E-state index contributed by atoms with van der Waals surface area (Å²) in [5.74, 6) is 0.628. The van der Waals surface area contributed by atoms with Gasteiger partial charge in [-0.15, -0.1) is 0 Å². The lowest BCUT2D eigenvalue weighted by molar-refractivity contribution is -0.137. The van der Waals surface area contributed by atoms with Crippen molar-refractivity contribution >= 4 is 27.5 Å². The van der Waals surface area contributed by atoms with Gasteiger partial charge < -0.3 is 9.64 Å². The van der Waals surface area contributed by atoms with Crippen molar-refractivity contribution in [2.75, 3.05) is 27.2 Å². The van der Waals surface area contributed by atoms with E-state index in [1.807, 2.05) is 31.2 Å². The van der Waals surface area contributed by atoms with E-state index in [4.69, 9.17) is 16.3 Å². The number of piperidine rings is 1. The molecule has 0 aliphatic carbocycles. The number of carbonyl (C=O) groups is 1. The lowest BCUT2D eigenvalue weighted by Gasteiger charge is -2.34. The van der Waals surface area contributed by atoms with Gasteiger partial charge in [0.15, 0.2) is 0 Å². The summed E-state index contributed by atoms with van der Waals surface area (Å²) < 4.78 is 32.3. The van der Waals surface area contributed by atoms with E-state index in [1.165, 1.54) is 16.4 Å². The molecule has 1 heterocycles. The van der Waals surface area contributed by atoms with Crippen LogP contribution in [0.2, 0.25) is 5.02 Å². The molecule has 2 aromatic carbocycles. The average molecular weight is 451 g/mol. The van der Waals surface area contributed by atoms with Crippen molar-refractivity contribution < 1.29 is 17.9 Å². The van der Waals surface area contributed by atoms with Crippen LogP contribution in [0.4, 0.5) is 0 Å². The van der Waals surface area contributed by atoms with Crippen LogP contribution in [-0.2, 0) is 14.8 Å². The zero-order valence-electron chi connectivity index (χ0n) is 17.4. The van der Waals surface area contributed by atoms with Gasteiger partial charge in [-0.05, 0) is 61.7 Å². The predicted molar refractivity (Wildman–Crippen MR) is 117 cm³/mol. The van der Waals surface area contributed by atoms with Crippen molar-refractivity contribution in [1.82, 2.24) is 9.21 Å². The third-order valence-electron chi connectivity index (χ3n) is 5.78. The van der Waals surface area contributed by atoms with Crippen molar-refractivity contribution in [3.8, 4) is 5.75 Å². The molecule has 0 aromatic heterocycles. The highest BCUT2D eigenvalue weighted by Crippen LogP contribution is 2.28. The van der Waals surface area contributed by atoms with Gasteiger partial charge >= 0.3 is 0 Å². The molecule has 1 unspecified atom stereocenters. The maximum Gasteiger partial charge on any atom is 0.243 e. The first kappa shape index (κ1) is 22.6. The number of amides is 1. The highest BCUT2D eigenvalue weighted by molar-refractivity contribution is 7.89. The lowest BCUT2D eigenvalue weighted by atomic mass is 9.95. The van der Waals surface area contributed by atoms with E-state index in [2.05, 4.69) is 0 Å². The molecule has 8 heteroatoms. The molecule has 1 saturated heterocycles. The number of hydrogen-bond donors (Lipinski definition) is 0. The third kappa shape index (κ3) is 4.79. The fraction of sp³-hybridized carbons (Fsp3) is 0.409. The van der Waals surface area contributed by atoms with Gasteiger partial charge in [-0.1, -0.05) is 23.7 Å². The quantitative estimate of drug-likeness (QED) is 0.667. The summed E-state index contributed by atoms with van der Waals surface area (Å²) >= 11 is 5.86. The Labute approximate surface area is 183 Å². The molecule has 0 radical (unpaired) electrons. The van der Waals surface area contributed by atoms with Crippen LogP contribution in [0.25, 0.3) is 0 Å².